The van der Waals surface area contributed by atoms with Gasteiger partial charge >= 0.3 is 0 Å². The third kappa shape index (κ3) is 5.26. The molecule has 0 heterocycles. The van der Waals surface area contributed by atoms with E-state index in [0.717, 1.165) is 13.1 Å². The number of rotatable bonds is 7. The Morgan fingerprint density at radius 3 is 2.19 bits per heavy atom. The van der Waals surface area contributed by atoms with Gasteiger partial charge in [0.05, 0.1) is 0 Å². The Morgan fingerprint density at radius 1 is 1.24 bits per heavy atom. The molecule has 4 nitrogen and oxygen atoms in total. The second-order valence-corrected chi connectivity index (χ2v) is 7.22. The van der Waals surface area contributed by atoms with Gasteiger partial charge in [0.25, 0.3) is 0 Å². The standard InChI is InChI=1S/C17H35N3O/c1-6-20(7-2)16(21)12-15(13-18)19(5)14-8-10-17(3,4)11-9-14/h14-15H,6-13,18H2,1-5H3. The molecule has 124 valence electrons. The summed E-state index contributed by atoms with van der Waals surface area (Å²) in [5.41, 5.74) is 6.43. The van der Waals surface area contributed by atoms with Gasteiger partial charge in [-0.05, 0) is 52.0 Å². The molecule has 1 saturated carbocycles. The van der Waals surface area contributed by atoms with E-state index in [-0.39, 0.29) is 11.9 Å². The minimum atomic E-state index is 0.171. The van der Waals surface area contributed by atoms with Gasteiger partial charge in [-0.2, -0.15) is 0 Å². The van der Waals surface area contributed by atoms with Crippen molar-refractivity contribution in [2.45, 2.75) is 71.9 Å². The maximum atomic E-state index is 12.3. The van der Waals surface area contributed by atoms with Gasteiger partial charge < -0.3 is 10.6 Å². The molecule has 1 rings (SSSR count). The molecule has 4 heteroatoms. The lowest BCUT2D eigenvalue weighted by Crippen LogP contribution is -2.48. The van der Waals surface area contributed by atoms with Crippen molar-refractivity contribution in [3.63, 3.8) is 0 Å². The Labute approximate surface area is 131 Å². The SMILES string of the molecule is CCN(CC)C(=O)CC(CN)N(C)C1CCC(C)(C)CC1. The van der Waals surface area contributed by atoms with Crippen molar-refractivity contribution in [3.05, 3.63) is 0 Å². The highest BCUT2D eigenvalue weighted by Gasteiger charge is 2.32. The first-order valence-corrected chi connectivity index (χ1v) is 8.54. The Morgan fingerprint density at radius 2 is 1.76 bits per heavy atom. The highest BCUT2D eigenvalue weighted by Crippen LogP contribution is 2.37. The fourth-order valence-electron chi connectivity index (χ4n) is 3.39. The molecule has 1 amide bonds. The molecule has 1 fully saturated rings. The van der Waals surface area contributed by atoms with Crippen molar-refractivity contribution in [3.8, 4) is 0 Å². The van der Waals surface area contributed by atoms with E-state index >= 15 is 0 Å². The van der Waals surface area contributed by atoms with Gasteiger partial charge in [0.1, 0.15) is 0 Å². The van der Waals surface area contributed by atoms with Crippen LogP contribution in [0.15, 0.2) is 0 Å². The number of carbonyl (C=O) groups excluding carboxylic acids is 1. The van der Waals surface area contributed by atoms with E-state index in [1.165, 1.54) is 25.7 Å². The molecule has 2 N–H and O–H groups in total. The van der Waals surface area contributed by atoms with Crippen LogP contribution in [0.5, 0.6) is 0 Å². The summed E-state index contributed by atoms with van der Waals surface area (Å²) in [7, 11) is 2.15. The normalized spacial score (nSPS) is 20.5. The third-order valence-electron chi connectivity index (χ3n) is 5.26. The highest BCUT2D eigenvalue weighted by atomic mass is 16.2. The fourth-order valence-corrected chi connectivity index (χ4v) is 3.39. The second-order valence-electron chi connectivity index (χ2n) is 7.22. The molecule has 0 aromatic carbocycles. The predicted octanol–water partition coefficient (Wildman–Crippen LogP) is 2.47. The summed E-state index contributed by atoms with van der Waals surface area (Å²) in [6.45, 7) is 10.9. The molecule has 1 unspecified atom stereocenters. The molecule has 0 saturated heterocycles. The molecule has 1 aliphatic carbocycles. The first-order valence-electron chi connectivity index (χ1n) is 8.54. The Bertz CT molecular complexity index is 316. The largest absolute Gasteiger partial charge is 0.343 e. The van der Waals surface area contributed by atoms with Crippen LogP contribution in [-0.2, 0) is 4.79 Å². The second kappa shape index (κ2) is 8.14. The van der Waals surface area contributed by atoms with E-state index in [0.29, 0.717) is 24.4 Å². The summed E-state index contributed by atoms with van der Waals surface area (Å²) in [5.74, 6) is 0.235. The van der Waals surface area contributed by atoms with Crippen molar-refractivity contribution in [2.24, 2.45) is 11.1 Å². The van der Waals surface area contributed by atoms with Crippen LogP contribution < -0.4 is 5.73 Å². The average Bonchev–Trinajstić information content (AvgIpc) is 2.45. The predicted molar refractivity (Wildman–Crippen MR) is 89.2 cm³/mol. The van der Waals surface area contributed by atoms with Gasteiger partial charge in [-0.15, -0.1) is 0 Å². The molecule has 0 aliphatic heterocycles. The first kappa shape index (κ1) is 18.4. The Kier molecular flexibility index (Phi) is 7.14. The Balaban J connectivity index is 2.57. The van der Waals surface area contributed by atoms with E-state index in [2.05, 4.69) is 25.8 Å². The third-order valence-corrected chi connectivity index (χ3v) is 5.26. The number of hydrogen-bond donors (Lipinski definition) is 1. The zero-order chi connectivity index (χ0) is 16.0. The van der Waals surface area contributed by atoms with Crippen LogP contribution in [0.25, 0.3) is 0 Å². The Hall–Kier alpha value is -0.610. The summed E-state index contributed by atoms with van der Waals surface area (Å²) in [4.78, 5) is 16.6. The van der Waals surface area contributed by atoms with Crippen LogP contribution in [0, 0.1) is 5.41 Å². The van der Waals surface area contributed by atoms with Crippen LogP contribution in [0.1, 0.15) is 59.8 Å². The van der Waals surface area contributed by atoms with Crippen LogP contribution in [0.4, 0.5) is 0 Å². The maximum Gasteiger partial charge on any atom is 0.224 e. The summed E-state index contributed by atoms with van der Waals surface area (Å²) < 4.78 is 0. The van der Waals surface area contributed by atoms with Crippen LogP contribution >= 0.6 is 0 Å². The van der Waals surface area contributed by atoms with Crippen molar-refractivity contribution in [1.29, 1.82) is 0 Å². The number of nitrogens with zero attached hydrogens (tertiary/aromatic N) is 2. The highest BCUT2D eigenvalue weighted by molar-refractivity contribution is 5.76. The monoisotopic (exact) mass is 297 g/mol. The lowest BCUT2D eigenvalue weighted by molar-refractivity contribution is -0.132. The molecular formula is C17H35N3O. The maximum absolute atomic E-state index is 12.3. The molecular weight excluding hydrogens is 262 g/mol. The number of nitrogens with two attached hydrogens (primary N) is 1. The molecule has 1 aliphatic rings. The van der Waals surface area contributed by atoms with Crippen molar-refractivity contribution < 1.29 is 4.79 Å². The van der Waals surface area contributed by atoms with Gasteiger partial charge in [0.15, 0.2) is 0 Å². The fraction of sp³-hybridized carbons (Fsp3) is 0.941. The van der Waals surface area contributed by atoms with Gasteiger partial charge in [-0.3, -0.25) is 9.69 Å². The zero-order valence-electron chi connectivity index (χ0n) is 14.7. The van der Waals surface area contributed by atoms with E-state index in [1.54, 1.807) is 0 Å². The lowest BCUT2D eigenvalue weighted by Gasteiger charge is -2.41. The number of hydrogen-bond acceptors (Lipinski definition) is 3. The smallest absolute Gasteiger partial charge is 0.224 e. The van der Waals surface area contributed by atoms with Gasteiger partial charge in [0, 0.05) is 38.1 Å². The zero-order valence-corrected chi connectivity index (χ0v) is 14.7. The molecule has 0 aromatic heterocycles. The summed E-state index contributed by atoms with van der Waals surface area (Å²) >= 11 is 0. The molecule has 0 bridgehead atoms. The van der Waals surface area contributed by atoms with Gasteiger partial charge in [-0.25, -0.2) is 0 Å². The number of amides is 1. The van der Waals surface area contributed by atoms with Gasteiger partial charge in [0.2, 0.25) is 5.91 Å². The van der Waals surface area contributed by atoms with E-state index in [9.17, 15) is 4.79 Å². The first-order chi connectivity index (χ1) is 9.84. The lowest BCUT2D eigenvalue weighted by atomic mass is 9.75. The minimum absolute atomic E-state index is 0.171. The number of carbonyl (C=O) groups is 1. The van der Waals surface area contributed by atoms with Crippen molar-refractivity contribution >= 4 is 5.91 Å². The van der Waals surface area contributed by atoms with Crippen molar-refractivity contribution in [1.82, 2.24) is 9.80 Å². The van der Waals surface area contributed by atoms with Crippen molar-refractivity contribution in [2.75, 3.05) is 26.7 Å². The molecule has 0 spiro atoms. The van der Waals surface area contributed by atoms with Crippen LogP contribution in [-0.4, -0.2) is 54.5 Å². The topological polar surface area (TPSA) is 49.6 Å². The quantitative estimate of drug-likeness (QED) is 0.785. The summed E-state index contributed by atoms with van der Waals surface area (Å²) in [6.07, 6.45) is 5.53. The molecule has 0 radical (unpaired) electrons. The summed E-state index contributed by atoms with van der Waals surface area (Å²) in [6, 6.07) is 0.750. The summed E-state index contributed by atoms with van der Waals surface area (Å²) in [5, 5.41) is 0. The number of likely N-dealkylation sites (N-methyl/N-ethyl adjacent to an activating group) is 1. The minimum Gasteiger partial charge on any atom is -0.343 e. The van der Waals surface area contributed by atoms with Gasteiger partial charge in [-0.1, -0.05) is 13.8 Å². The van der Waals surface area contributed by atoms with E-state index in [1.807, 2.05) is 18.7 Å². The van der Waals surface area contributed by atoms with E-state index in [4.69, 9.17) is 5.73 Å². The molecule has 1 atom stereocenters. The van der Waals surface area contributed by atoms with Crippen LogP contribution in [0.2, 0.25) is 0 Å². The average molecular weight is 297 g/mol. The van der Waals surface area contributed by atoms with Crippen LogP contribution in [0.3, 0.4) is 0 Å². The molecule has 0 aromatic rings. The molecule has 21 heavy (non-hydrogen) atoms. The van der Waals surface area contributed by atoms with E-state index < -0.39 is 0 Å².